The van der Waals surface area contributed by atoms with E-state index >= 15 is 0 Å². The van der Waals surface area contributed by atoms with Crippen molar-refractivity contribution >= 4 is 5.91 Å². The van der Waals surface area contributed by atoms with Gasteiger partial charge in [-0.15, -0.1) is 0 Å². The van der Waals surface area contributed by atoms with Gasteiger partial charge in [-0.3, -0.25) is 4.79 Å². The van der Waals surface area contributed by atoms with Crippen LogP contribution in [0.15, 0.2) is 48.5 Å². The van der Waals surface area contributed by atoms with Crippen LogP contribution in [0.4, 0.5) is 0 Å². The Labute approximate surface area is 143 Å². The van der Waals surface area contributed by atoms with Gasteiger partial charge in [-0.1, -0.05) is 42.0 Å². The summed E-state index contributed by atoms with van der Waals surface area (Å²) < 4.78 is 5.71. The Morgan fingerprint density at radius 2 is 1.88 bits per heavy atom. The number of likely N-dealkylation sites (N-methyl/N-ethyl adjacent to an activating group) is 1. The zero-order valence-corrected chi connectivity index (χ0v) is 14.3. The molecule has 0 saturated carbocycles. The largest absolute Gasteiger partial charge is 0.492 e. The molecule has 1 aliphatic rings. The van der Waals surface area contributed by atoms with E-state index in [2.05, 4.69) is 17.4 Å². The van der Waals surface area contributed by atoms with E-state index < -0.39 is 0 Å². The van der Waals surface area contributed by atoms with E-state index in [1.54, 1.807) is 4.90 Å². The smallest absolute Gasteiger partial charge is 0.239 e. The van der Waals surface area contributed by atoms with Gasteiger partial charge >= 0.3 is 0 Å². The topological polar surface area (TPSA) is 41.6 Å². The van der Waals surface area contributed by atoms with Crippen LogP contribution in [-0.2, 0) is 17.8 Å². The number of fused-ring (bicyclic) bond motifs is 1. The Kier molecular flexibility index (Phi) is 5.16. The second-order valence-corrected chi connectivity index (χ2v) is 6.33. The molecule has 1 amide bonds. The molecule has 1 unspecified atom stereocenters. The molecule has 0 bridgehead atoms. The number of nitrogens with zero attached hydrogens (tertiary/aromatic N) is 1. The molecular weight excluding hydrogens is 300 g/mol. The van der Waals surface area contributed by atoms with Crippen molar-refractivity contribution in [2.24, 2.45) is 0 Å². The molecule has 4 nitrogen and oxygen atoms in total. The lowest BCUT2D eigenvalue weighted by molar-refractivity contribution is -0.132. The van der Waals surface area contributed by atoms with E-state index in [-0.39, 0.29) is 11.9 Å². The van der Waals surface area contributed by atoms with Gasteiger partial charge < -0.3 is 15.0 Å². The zero-order valence-electron chi connectivity index (χ0n) is 14.3. The number of nitrogens with one attached hydrogen (secondary N) is 1. The quantitative estimate of drug-likeness (QED) is 0.919. The molecule has 2 aromatic rings. The van der Waals surface area contributed by atoms with Crippen molar-refractivity contribution in [2.75, 3.05) is 20.2 Å². The van der Waals surface area contributed by atoms with Crippen LogP contribution in [0.2, 0.25) is 0 Å². The van der Waals surface area contributed by atoms with Gasteiger partial charge in [0.1, 0.15) is 12.4 Å². The Morgan fingerprint density at radius 1 is 1.17 bits per heavy atom. The molecule has 2 aromatic carbocycles. The molecule has 1 N–H and O–H groups in total. The van der Waals surface area contributed by atoms with Crippen molar-refractivity contribution in [2.45, 2.75) is 25.9 Å². The van der Waals surface area contributed by atoms with E-state index in [1.807, 2.05) is 50.4 Å². The molecule has 0 aliphatic carbocycles. The molecule has 4 heteroatoms. The minimum absolute atomic E-state index is 0.122. The first-order chi connectivity index (χ1) is 11.6. The SMILES string of the molecule is Cc1ccc(OCCN(C)C(=O)C2Cc3ccccc3CN2)cc1. The predicted octanol–water partition coefficient (Wildman–Crippen LogP) is 2.55. The monoisotopic (exact) mass is 324 g/mol. The van der Waals surface area contributed by atoms with Crippen molar-refractivity contribution < 1.29 is 9.53 Å². The lowest BCUT2D eigenvalue weighted by atomic mass is 9.95. The third kappa shape index (κ3) is 3.95. The van der Waals surface area contributed by atoms with Gasteiger partial charge in [0.15, 0.2) is 0 Å². The highest BCUT2D eigenvalue weighted by Gasteiger charge is 2.26. The Bertz CT molecular complexity index is 697. The van der Waals surface area contributed by atoms with E-state index in [9.17, 15) is 4.79 Å². The number of ether oxygens (including phenoxy) is 1. The predicted molar refractivity (Wildman–Crippen MR) is 95.1 cm³/mol. The summed E-state index contributed by atoms with van der Waals surface area (Å²) in [5.74, 6) is 0.961. The fourth-order valence-corrected chi connectivity index (χ4v) is 2.94. The zero-order chi connectivity index (χ0) is 16.9. The fourth-order valence-electron chi connectivity index (χ4n) is 2.94. The van der Waals surface area contributed by atoms with Crippen LogP contribution >= 0.6 is 0 Å². The van der Waals surface area contributed by atoms with Gasteiger partial charge in [0.05, 0.1) is 12.6 Å². The van der Waals surface area contributed by atoms with Crippen molar-refractivity contribution in [3.63, 3.8) is 0 Å². The summed E-state index contributed by atoms with van der Waals surface area (Å²) in [6, 6.07) is 16.1. The van der Waals surface area contributed by atoms with Crippen LogP contribution in [0.5, 0.6) is 5.75 Å². The molecule has 1 heterocycles. The maximum absolute atomic E-state index is 12.6. The second kappa shape index (κ2) is 7.49. The normalized spacial score (nSPS) is 16.3. The third-order valence-corrected chi connectivity index (χ3v) is 4.47. The first-order valence-corrected chi connectivity index (χ1v) is 8.38. The summed E-state index contributed by atoms with van der Waals surface area (Å²) in [5, 5.41) is 3.34. The Hall–Kier alpha value is -2.33. The molecule has 0 aromatic heterocycles. The molecule has 126 valence electrons. The number of hydrogen-bond acceptors (Lipinski definition) is 3. The molecule has 1 aliphatic heterocycles. The maximum atomic E-state index is 12.6. The average Bonchev–Trinajstić information content (AvgIpc) is 2.62. The minimum Gasteiger partial charge on any atom is -0.492 e. The Balaban J connectivity index is 1.49. The van der Waals surface area contributed by atoms with Crippen molar-refractivity contribution in [3.8, 4) is 5.75 Å². The van der Waals surface area contributed by atoms with Gasteiger partial charge in [0.2, 0.25) is 5.91 Å². The highest BCUT2D eigenvalue weighted by atomic mass is 16.5. The summed E-state index contributed by atoms with van der Waals surface area (Å²) in [5.41, 5.74) is 3.75. The van der Waals surface area contributed by atoms with Gasteiger partial charge in [-0.25, -0.2) is 0 Å². The summed E-state index contributed by atoms with van der Waals surface area (Å²) >= 11 is 0. The maximum Gasteiger partial charge on any atom is 0.239 e. The van der Waals surface area contributed by atoms with Crippen LogP contribution in [0, 0.1) is 6.92 Å². The van der Waals surface area contributed by atoms with Gasteiger partial charge in [0, 0.05) is 13.6 Å². The van der Waals surface area contributed by atoms with Gasteiger partial charge in [-0.2, -0.15) is 0 Å². The average molecular weight is 324 g/mol. The van der Waals surface area contributed by atoms with Crippen molar-refractivity contribution in [3.05, 3.63) is 65.2 Å². The fraction of sp³-hybridized carbons (Fsp3) is 0.350. The molecule has 0 radical (unpaired) electrons. The third-order valence-electron chi connectivity index (χ3n) is 4.47. The van der Waals surface area contributed by atoms with Crippen LogP contribution in [0.25, 0.3) is 0 Å². The molecule has 0 spiro atoms. The van der Waals surface area contributed by atoms with Crippen LogP contribution in [-0.4, -0.2) is 37.0 Å². The second-order valence-electron chi connectivity index (χ2n) is 6.33. The van der Waals surface area contributed by atoms with E-state index in [4.69, 9.17) is 4.74 Å². The highest BCUT2D eigenvalue weighted by Crippen LogP contribution is 2.17. The first kappa shape index (κ1) is 16.5. The molecular formula is C20H24N2O2. The molecule has 0 fully saturated rings. The number of benzene rings is 2. The lowest BCUT2D eigenvalue weighted by Crippen LogP contribution is -2.49. The molecule has 24 heavy (non-hydrogen) atoms. The number of carbonyl (C=O) groups is 1. The first-order valence-electron chi connectivity index (χ1n) is 8.38. The number of rotatable bonds is 5. The van der Waals surface area contributed by atoms with E-state index in [0.717, 1.165) is 18.7 Å². The van der Waals surface area contributed by atoms with Crippen molar-refractivity contribution in [1.82, 2.24) is 10.2 Å². The number of amides is 1. The molecule has 3 rings (SSSR count). The summed E-state index contributed by atoms with van der Waals surface area (Å²) in [4.78, 5) is 14.4. The van der Waals surface area contributed by atoms with Gasteiger partial charge in [0.25, 0.3) is 0 Å². The van der Waals surface area contributed by atoms with Gasteiger partial charge in [-0.05, 0) is 36.6 Å². The van der Waals surface area contributed by atoms with Crippen molar-refractivity contribution in [1.29, 1.82) is 0 Å². The van der Waals surface area contributed by atoms with Crippen LogP contribution in [0.3, 0.4) is 0 Å². The highest BCUT2D eigenvalue weighted by molar-refractivity contribution is 5.82. The van der Waals surface area contributed by atoms with Crippen LogP contribution < -0.4 is 10.1 Å². The Morgan fingerprint density at radius 3 is 2.62 bits per heavy atom. The van der Waals surface area contributed by atoms with E-state index in [1.165, 1.54) is 16.7 Å². The summed E-state index contributed by atoms with van der Waals surface area (Å²) in [6.45, 7) is 3.87. The number of aryl methyl sites for hydroxylation is 1. The number of hydrogen-bond donors (Lipinski definition) is 1. The number of carbonyl (C=O) groups excluding carboxylic acids is 1. The standard InChI is InChI=1S/C20H24N2O2/c1-15-7-9-18(10-8-15)24-12-11-22(2)20(23)19-13-16-5-3-4-6-17(16)14-21-19/h3-10,19,21H,11-14H2,1-2H3. The summed E-state index contributed by atoms with van der Waals surface area (Å²) in [6.07, 6.45) is 0.748. The molecule has 1 atom stereocenters. The van der Waals surface area contributed by atoms with E-state index in [0.29, 0.717) is 13.2 Å². The molecule has 0 saturated heterocycles. The lowest BCUT2D eigenvalue weighted by Gasteiger charge is -2.29. The summed E-state index contributed by atoms with van der Waals surface area (Å²) in [7, 11) is 1.84. The van der Waals surface area contributed by atoms with Crippen LogP contribution in [0.1, 0.15) is 16.7 Å². The minimum atomic E-state index is -0.149.